The van der Waals surface area contributed by atoms with Crippen LogP contribution in [0.25, 0.3) is 0 Å². The smallest absolute Gasteiger partial charge is 0.313 e. The summed E-state index contributed by atoms with van der Waals surface area (Å²) in [6.07, 6.45) is 3.35. The van der Waals surface area contributed by atoms with E-state index in [0.717, 1.165) is 0 Å². The van der Waals surface area contributed by atoms with Gasteiger partial charge in [-0.1, -0.05) is 39.8 Å². The molecule has 4 nitrogen and oxygen atoms in total. The number of hydrogen-bond donors (Lipinski definition) is 0. The zero-order valence-electron chi connectivity index (χ0n) is 16.2. The lowest BCUT2D eigenvalue weighted by molar-refractivity contribution is -0.207. The first-order chi connectivity index (χ1) is 10.2. The van der Waals surface area contributed by atoms with E-state index in [-0.39, 0.29) is 23.0 Å². The number of ether oxygens (including phenoxy) is 2. The molecule has 0 aromatic heterocycles. The Kier molecular flexibility index (Phi) is 6.27. The minimum atomic E-state index is -1.81. The normalized spacial score (nSPS) is 26.2. The summed E-state index contributed by atoms with van der Waals surface area (Å²) in [5, 5.41) is 0.163. The summed E-state index contributed by atoms with van der Waals surface area (Å²) >= 11 is 0. The molecule has 0 saturated heterocycles. The van der Waals surface area contributed by atoms with Gasteiger partial charge in [-0.05, 0) is 38.9 Å². The van der Waals surface area contributed by atoms with Crippen molar-refractivity contribution in [3.8, 4) is 0 Å². The van der Waals surface area contributed by atoms with Crippen molar-refractivity contribution < 1.29 is 18.7 Å². The maximum atomic E-state index is 12.1. The van der Waals surface area contributed by atoms with Gasteiger partial charge in [0.1, 0.15) is 6.10 Å². The largest absolute Gasteiger partial charge is 0.435 e. The Morgan fingerprint density at radius 2 is 1.70 bits per heavy atom. The minimum Gasteiger partial charge on any atom is -0.435 e. The average Bonchev–Trinajstić information content (AvgIpc) is 2.37. The highest BCUT2D eigenvalue weighted by molar-refractivity contribution is 6.74. The van der Waals surface area contributed by atoms with Crippen molar-refractivity contribution in [3.05, 3.63) is 12.2 Å². The van der Waals surface area contributed by atoms with Crippen molar-refractivity contribution in [1.82, 2.24) is 0 Å². The van der Waals surface area contributed by atoms with Crippen molar-refractivity contribution in [3.63, 3.8) is 0 Å². The summed E-state index contributed by atoms with van der Waals surface area (Å²) in [4.78, 5) is 12.1. The molecule has 0 radical (unpaired) electrons. The van der Waals surface area contributed by atoms with E-state index in [2.05, 4.69) is 33.9 Å². The molecule has 0 N–H and O–H groups in total. The first kappa shape index (κ1) is 20.4. The third kappa shape index (κ3) is 5.73. The highest BCUT2D eigenvalue weighted by atomic mass is 28.4. The molecular weight excluding hydrogens is 308 g/mol. The van der Waals surface area contributed by atoms with Gasteiger partial charge in [0.15, 0.2) is 8.32 Å². The molecule has 0 spiro atoms. The van der Waals surface area contributed by atoms with Crippen LogP contribution in [0, 0.1) is 11.3 Å². The Morgan fingerprint density at radius 3 is 2.17 bits per heavy atom. The molecule has 23 heavy (non-hydrogen) atoms. The predicted molar refractivity (Wildman–Crippen MR) is 95.7 cm³/mol. The van der Waals surface area contributed by atoms with E-state index < -0.39 is 20.0 Å². The Morgan fingerprint density at radius 1 is 1.13 bits per heavy atom. The van der Waals surface area contributed by atoms with Crippen LogP contribution in [0.3, 0.4) is 0 Å². The monoisotopic (exact) mass is 342 g/mol. The van der Waals surface area contributed by atoms with Gasteiger partial charge < -0.3 is 13.9 Å². The lowest BCUT2D eigenvalue weighted by Gasteiger charge is -2.38. The molecule has 1 aliphatic rings. The minimum absolute atomic E-state index is 0.0467. The third-order valence-corrected chi connectivity index (χ3v) is 9.12. The summed E-state index contributed by atoms with van der Waals surface area (Å²) in [5.41, 5.74) is -0.530. The van der Waals surface area contributed by atoms with Crippen LogP contribution in [-0.2, 0) is 18.7 Å². The second-order valence-corrected chi connectivity index (χ2v) is 13.8. The van der Waals surface area contributed by atoms with Crippen LogP contribution in [0.2, 0.25) is 18.1 Å². The second kappa shape index (κ2) is 7.07. The van der Waals surface area contributed by atoms with Gasteiger partial charge in [-0.25, -0.2) is 0 Å². The van der Waals surface area contributed by atoms with Gasteiger partial charge in [0.2, 0.25) is 6.29 Å². The van der Waals surface area contributed by atoms with Gasteiger partial charge >= 0.3 is 5.97 Å². The highest BCUT2D eigenvalue weighted by Crippen LogP contribution is 2.37. The summed E-state index contributed by atoms with van der Waals surface area (Å²) in [5.74, 6) is -0.195. The third-order valence-electron chi connectivity index (χ3n) is 4.62. The number of carbonyl (C=O) groups excluding carboxylic acids is 1. The van der Waals surface area contributed by atoms with E-state index >= 15 is 0 Å². The fraction of sp³-hybridized carbons (Fsp3) is 0.833. The summed E-state index contributed by atoms with van der Waals surface area (Å²) in [6.45, 7) is 19.1. The predicted octanol–water partition coefficient (Wildman–Crippen LogP) is 4.51. The number of esters is 1. The van der Waals surface area contributed by atoms with Gasteiger partial charge in [-0.15, -0.1) is 0 Å². The first-order valence-electron chi connectivity index (χ1n) is 8.43. The molecule has 1 aliphatic heterocycles. The van der Waals surface area contributed by atoms with Gasteiger partial charge in [-0.3, -0.25) is 4.79 Å². The molecule has 0 amide bonds. The topological polar surface area (TPSA) is 44.8 Å². The van der Waals surface area contributed by atoms with Crippen molar-refractivity contribution in [2.75, 3.05) is 6.61 Å². The molecule has 0 saturated carbocycles. The summed E-state index contributed by atoms with van der Waals surface area (Å²) in [7, 11) is -1.81. The number of rotatable bonds is 4. The number of carbonyl (C=O) groups is 1. The molecule has 0 aromatic rings. The molecule has 1 rings (SSSR count). The van der Waals surface area contributed by atoms with E-state index in [1.807, 2.05) is 39.8 Å². The fourth-order valence-corrected chi connectivity index (χ4v) is 2.76. The Labute approximate surface area is 142 Å². The van der Waals surface area contributed by atoms with Crippen LogP contribution in [0.5, 0.6) is 0 Å². The van der Waals surface area contributed by atoms with E-state index in [4.69, 9.17) is 13.9 Å². The zero-order chi connectivity index (χ0) is 18.1. The molecule has 5 heteroatoms. The van der Waals surface area contributed by atoms with Crippen molar-refractivity contribution in [2.45, 2.75) is 79.0 Å². The van der Waals surface area contributed by atoms with Gasteiger partial charge in [0, 0.05) is 5.92 Å². The van der Waals surface area contributed by atoms with E-state index in [9.17, 15) is 4.79 Å². The SMILES string of the molecule is C[C@H]1C=C[C@@H](CO[Si](C)(C)C(C)(C)C)O[C@@H]1OC(=O)C(C)(C)C. The standard InChI is InChI=1S/C18H34O4Si/c1-13-10-11-14(12-20-23(8,9)18(5,6)7)21-15(13)22-16(19)17(2,3)4/h10-11,13-15H,12H2,1-9H3/t13-,14-,15+/m0/s1. The van der Waals surface area contributed by atoms with Crippen molar-refractivity contribution >= 4 is 14.3 Å². The Hall–Kier alpha value is -0.653. The molecule has 0 unspecified atom stereocenters. The second-order valence-electron chi connectivity index (χ2n) is 9.01. The van der Waals surface area contributed by atoms with Crippen LogP contribution in [-0.4, -0.2) is 33.3 Å². The first-order valence-corrected chi connectivity index (χ1v) is 11.3. The zero-order valence-corrected chi connectivity index (χ0v) is 17.2. The summed E-state index contributed by atoms with van der Waals surface area (Å²) < 4.78 is 17.7. The number of hydrogen-bond acceptors (Lipinski definition) is 4. The van der Waals surface area contributed by atoms with Gasteiger partial charge in [-0.2, -0.15) is 0 Å². The fourth-order valence-electron chi connectivity index (χ4n) is 1.75. The molecule has 0 bridgehead atoms. The van der Waals surface area contributed by atoms with Crippen molar-refractivity contribution in [2.24, 2.45) is 11.3 Å². The average molecular weight is 343 g/mol. The molecule has 1 heterocycles. The lowest BCUT2D eigenvalue weighted by atomic mass is 9.97. The van der Waals surface area contributed by atoms with Crippen LogP contribution in [0.4, 0.5) is 0 Å². The van der Waals surface area contributed by atoms with Gasteiger partial charge in [0.25, 0.3) is 0 Å². The van der Waals surface area contributed by atoms with Crippen molar-refractivity contribution in [1.29, 1.82) is 0 Å². The molecule has 0 aromatic carbocycles. The molecular formula is C18H34O4Si. The van der Waals surface area contributed by atoms with Crippen LogP contribution >= 0.6 is 0 Å². The van der Waals surface area contributed by atoms with Crippen LogP contribution < -0.4 is 0 Å². The van der Waals surface area contributed by atoms with E-state index in [1.165, 1.54) is 0 Å². The Bertz CT molecular complexity index is 443. The molecule has 0 aliphatic carbocycles. The van der Waals surface area contributed by atoms with Crippen LogP contribution in [0.1, 0.15) is 48.5 Å². The maximum absolute atomic E-state index is 12.1. The van der Waals surface area contributed by atoms with E-state index in [1.54, 1.807) is 0 Å². The lowest BCUT2D eigenvalue weighted by Crippen LogP contribution is -2.44. The Balaban J connectivity index is 2.64. The van der Waals surface area contributed by atoms with Gasteiger partial charge in [0.05, 0.1) is 12.0 Å². The van der Waals surface area contributed by atoms with E-state index in [0.29, 0.717) is 6.61 Å². The van der Waals surface area contributed by atoms with Crippen LogP contribution in [0.15, 0.2) is 12.2 Å². The molecule has 134 valence electrons. The summed E-state index contributed by atoms with van der Waals surface area (Å²) in [6, 6.07) is 0. The quantitative estimate of drug-likeness (QED) is 0.428. The molecule has 0 fully saturated rings. The maximum Gasteiger partial charge on any atom is 0.313 e. The molecule has 3 atom stereocenters. The highest BCUT2D eigenvalue weighted by Gasteiger charge is 2.38.